The Balaban J connectivity index is 1.97. The van der Waals surface area contributed by atoms with Crippen molar-refractivity contribution < 1.29 is 9.13 Å². The smallest absolute Gasteiger partial charge is 0.255 e. The van der Waals surface area contributed by atoms with Crippen molar-refractivity contribution in [2.45, 2.75) is 25.8 Å². The van der Waals surface area contributed by atoms with Crippen LogP contribution in [-0.2, 0) is 0 Å². The molecule has 1 fully saturated rings. The number of ether oxygens (including phenoxy) is 1. The summed E-state index contributed by atoms with van der Waals surface area (Å²) in [5.41, 5.74) is 0.792. The van der Waals surface area contributed by atoms with E-state index in [-0.39, 0.29) is 5.75 Å². The summed E-state index contributed by atoms with van der Waals surface area (Å²) in [4.78, 5) is 3.57. The monoisotopic (exact) mass is 210 g/mol. The third kappa shape index (κ3) is 2.45. The van der Waals surface area contributed by atoms with Gasteiger partial charge in [-0.15, -0.1) is 0 Å². The van der Waals surface area contributed by atoms with Crippen LogP contribution in [-0.4, -0.2) is 24.2 Å². The molecule has 3 nitrogen and oxygen atoms in total. The van der Waals surface area contributed by atoms with Crippen LogP contribution in [0.15, 0.2) is 12.3 Å². The van der Waals surface area contributed by atoms with Crippen LogP contribution < -0.4 is 10.1 Å². The zero-order chi connectivity index (χ0) is 10.7. The second-order valence-corrected chi connectivity index (χ2v) is 3.85. The second-order valence-electron chi connectivity index (χ2n) is 3.85. The van der Waals surface area contributed by atoms with Gasteiger partial charge in [0, 0.05) is 12.2 Å². The lowest BCUT2D eigenvalue weighted by atomic mass is 10.2. The summed E-state index contributed by atoms with van der Waals surface area (Å²) in [6.45, 7) is 3.37. The van der Waals surface area contributed by atoms with E-state index < -0.39 is 5.95 Å². The molecule has 1 atom stereocenters. The number of aromatic nitrogens is 1. The Hall–Kier alpha value is -1.16. The molecule has 1 N–H and O–H groups in total. The third-order valence-corrected chi connectivity index (χ3v) is 2.65. The van der Waals surface area contributed by atoms with Gasteiger partial charge in [0.05, 0.1) is 0 Å². The minimum absolute atomic E-state index is 0.284. The summed E-state index contributed by atoms with van der Waals surface area (Å²) in [6, 6.07) is 2.10. The van der Waals surface area contributed by atoms with Crippen LogP contribution in [0.5, 0.6) is 5.75 Å². The molecular weight excluding hydrogens is 195 g/mol. The third-order valence-electron chi connectivity index (χ3n) is 2.65. The number of hydrogen-bond acceptors (Lipinski definition) is 3. The molecule has 1 aromatic heterocycles. The van der Waals surface area contributed by atoms with Gasteiger partial charge in [0.15, 0.2) is 5.75 Å². The minimum Gasteiger partial charge on any atom is -0.487 e. The number of aryl methyl sites for hydroxylation is 1. The highest BCUT2D eigenvalue weighted by Gasteiger charge is 2.16. The van der Waals surface area contributed by atoms with Gasteiger partial charge >= 0.3 is 0 Å². The highest BCUT2D eigenvalue weighted by Crippen LogP contribution is 2.20. The minimum atomic E-state index is -0.520. The molecule has 2 heterocycles. The number of pyridine rings is 1. The van der Waals surface area contributed by atoms with Gasteiger partial charge in [-0.1, -0.05) is 0 Å². The van der Waals surface area contributed by atoms with Crippen LogP contribution in [0.4, 0.5) is 4.39 Å². The van der Waals surface area contributed by atoms with E-state index in [9.17, 15) is 4.39 Å². The standard InChI is InChI=1S/C11H15FN2O/c1-8-4-6-14-11(12)10(8)15-7-9-3-2-5-13-9/h4,6,9,13H,2-3,5,7H2,1H3. The molecule has 1 aliphatic rings. The van der Waals surface area contributed by atoms with Crippen LogP contribution in [0.3, 0.4) is 0 Å². The SMILES string of the molecule is Cc1ccnc(F)c1OCC1CCCN1. The topological polar surface area (TPSA) is 34.1 Å². The van der Waals surface area contributed by atoms with Crippen LogP contribution in [0.1, 0.15) is 18.4 Å². The van der Waals surface area contributed by atoms with Gasteiger partial charge < -0.3 is 10.1 Å². The number of nitrogens with one attached hydrogen (secondary N) is 1. The molecule has 0 aliphatic carbocycles. The van der Waals surface area contributed by atoms with Crippen molar-refractivity contribution in [3.05, 3.63) is 23.8 Å². The van der Waals surface area contributed by atoms with E-state index in [0.29, 0.717) is 12.6 Å². The first kappa shape index (κ1) is 10.4. The Morgan fingerprint density at radius 3 is 3.20 bits per heavy atom. The van der Waals surface area contributed by atoms with Crippen molar-refractivity contribution in [2.75, 3.05) is 13.2 Å². The second kappa shape index (κ2) is 4.57. The maximum Gasteiger partial charge on any atom is 0.255 e. The van der Waals surface area contributed by atoms with Gasteiger partial charge in [0.25, 0.3) is 5.95 Å². The van der Waals surface area contributed by atoms with E-state index >= 15 is 0 Å². The first-order valence-electron chi connectivity index (χ1n) is 5.24. The molecule has 0 amide bonds. The van der Waals surface area contributed by atoms with Crippen LogP contribution in [0.25, 0.3) is 0 Å². The fourth-order valence-electron chi connectivity index (χ4n) is 1.77. The molecule has 82 valence electrons. The Bertz CT molecular complexity index is 317. The van der Waals surface area contributed by atoms with E-state index in [4.69, 9.17) is 4.74 Å². The number of nitrogens with zero attached hydrogens (tertiary/aromatic N) is 1. The zero-order valence-electron chi connectivity index (χ0n) is 8.79. The summed E-state index contributed by atoms with van der Waals surface area (Å²) in [5.74, 6) is -0.237. The summed E-state index contributed by atoms with van der Waals surface area (Å²) >= 11 is 0. The van der Waals surface area contributed by atoms with E-state index in [1.807, 2.05) is 6.92 Å². The molecular formula is C11H15FN2O. The number of hydrogen-bond donors (Lipinski definition) is 1. The Labute approximate surface area is 88.7 Å². The van der Waals surface area contributed by atoms with Crippen molar-refractivity contribution in [3.63, 3.8) is 0 Å². The van der Waals surface area contributed by atoms with Crippen molar-refractivity contribution >= 4 is 0 Å². The Morgan fingerprint density at radius 2 is 2.53 bits per heavy atom. The highest BCUT2D eigenvalue weighted by molar-refractivity contribution is 5.29. The van der Waals surface area contributed by atoms with E-state index in [1.54, 1.807) is 6.07 Å². The Morgan fingerprint density at radius 1 is 1.67 bits per heavy atom. The molecule has 15 heavy (non-hydrogen) atoms. The molecule has 1 unspecified atom stereocenters. The van der Waals surface area contributed by atoms with Gasteiger partial charge in [0.2, 0.25) is 0 Å². The van der Waals surface area contributed by atoms with Crippen molar-refractivity contribution in [3.8, 4) is 5.75 Å². The highest BCUT2D eigenvalue weighted by atomic mass is 19.1. The summed E-state index contributed by atoms with van der Waals surface area (Å²) in [7, 11) is 0. The van der Waals surface area contributed by atoms with E-state index in [2.05, 4.69) is 10.3 Å². The predicted molar refractivity (Wildman–Crippen MR) is 55.5 cm³/mol. The van der Waals surface area contributed by atoms with Gasteiger partial charge in [-0.25, -0.2) is 4.98 Å². The summed E-state index contributed by atoms with van der Waals surface area (Å²) in [6.07, 6.45) is 3.72. The molecule has 0 aromatic carbocycles. The maximum atomic E-state index is 13.3. The quantitative estimate of drug-likeness (QED) is 0.770. The number of rotatable bonds is 3. The van der Waals surface area contributed by atoms with Crippen molar-refractivity contribution in [1.82, 2.24) is 10.3 Å². The van der Waals surface area contributed by atoms with Crippen molar-refractivity contribution in [1.29, 1.82) is 0 Å². The van der Waals surface area contributed by atoms with Gasteiger partial charge in [-0.3, -0.25) is 0 Å². The lowest BCUT2D eigenvalue weighted by Gasteiger charge is -2.13. The summed E-state index contributed by atoms with van der Waals surface area (Å²) in [5, 5.41) is 3.30. The van der Waals surface area contributed by atoms with Gasteiger partial charge in [-0.2, -0.15) is 4.39 Å². The average molecular weight is 210 g/mol. The maximum absolute atomic E-state index is 13.3. The van der Waals surface area contributed by atoms with Gasteiger partial charge in [0.1, 0.15) is 6.61 Å². The molecule has 1 aliphatic heterocycles. The van der Waals surface area contributed by atoms with E-state index in [1.165, 1.54) is 12.6 Å². The fraction of sp³-hybridized carbons (Fsp3) is 0.545. The average Bonchev–Trinajstić information content (AvgIpc) is 2.70. The van der Waals surface area contributed by atoms with Crippen molar-refractivity contribution in [2.24, 2.45) is 0 Å². The Kier molecular flexibility index (Phi) is 3.16. The van der Waals surface area contributed by atoms with Crippen LogP contribution in [0.2, 0.25) is 0 Å². The predicted octanol–water partition coefficient (Wildman–Crippen LogP) is 1.66. The lowest BCUT2D eigenvalue weighted by Crippen LogP contribution is -2.28. The molecule has 2 rings (SSSR count). The molecule has 4 heteroatoms. The molecule has 0 spiro atoms. The normalized spacial score (nSPS) is 20.5. The van der Waals surface area contributed by atoms with Crippen LogP contribution in [0, 0.1) is 12.9 Å². The zero-order valence-corrected chi connectivity index (χ0v) is 8.79. The molecule has 1 aromatic rings. The first-order valence-corrected chi connectivity index (χ1v) is 5.24. The van der Waals surface area contributed by atoms with Crippen LogP contribution >= 0.6 is 0 Å². The number of halogens is 1. The van der Waals surface area contributed by atoms with Gasteiger partial charge in [-0.05, 0) is 37.9 Å². The molecule has 1 saturated heterocycles. The van der Waals surface area contributed by atoms with E-state index in [0.717, 1.165) is 18.5 Å². The lowest BCUT2D eigenvalue weighted by molar-refractivity contribution is 0.260. The first-order chi connectivity index (χ1) is 7.27. The molecule has 0 saturated carbocycles. The largest absolute Gasteiger partial charge is 0.487 e. The molecule has 0 bridgehead atoms. The summed E-state index contributed by atoms with van der Waals surface area (Å²) < 4.78 is 18.7. The molecule has 0 radical (unpaired) electrons. The fourth-order valence-corrected chi connectivity index (χ4v) is 1.77.